The van der Waals surface area contributed by atoms with Gasteiger partial charge in [-0.05, 0) is 18.6 Å². The van der Waals surface area contributed by atoms with Crippen molar-refractivity contribution >= 4 is 28.9 Å². The molecule has 0 aliphatic heterocycles. The number of non-ortho nitro benzene ring substituents is 1. The first-order valence-electron chi connectivity index (χ1n) is 5.84. The summed E-state index contributed by atoms with van der Waals surface area (Å²) in [4.78, 5) is 14.1. The predicted octanol–water partition coefficient (Wildman–Crippen LogP) is 4.14. The Balaban J connectivity index is 2.29. The van der Waals surface area contributed by atoms with Crippen LogP contribution in [0.1, 0.15) is 18.6 Å². The molecular weight excluding hydrogens is 319 g/mol. The van der Waals surface area contributed by atoms with Gasteiger partial charge >= 0.3 is 0 Å². The number of nitrogens with zero attached hydrogens (tertiary/aromatic N) is 2. The Morgan fingerprint density at radius 2 is 1.95 bits per heavy atom. The van der Waals surface area contributed by atoms with Crippen molar-refractivity contribution in [2.75, 3.05) is 0 Å². The van der Waals surface area contributed by atoms with Crippen LogP contribution < -0.4 is 4.74 Å². The zero-order valence-electron chi connectivity index (χ0n) is 10.8. The molecule has 1 aromatic heterocycles. The summed E-state index contributed by atoms with van der Waals surface area (Å²) in [6.45, 7) is 1.61. The molecule has 0 saturated carbocycles. The van der Waals surface area contributed by atoms with E-state index in [0.717, 1.165) is 12.1 Å². The van der Waals surface area contributed by atoms with Gasteiger partial charge in [0.05, 0.1) is 21.1 Å². The van der Waals surface area contributed by atoms with E-state index in [1.54, 1.807) is 13.0 Å². The van der Waals surface area contributed by atoms with Crippen molar-refractivity contribution in [3.05, 3.63) is 56.2 Å². The van der Waals surface area contributed by atoms with Crippen molar-refractivity contribution in [1.82, 2.24) is 4.98 Å². The second-order valence-electron chi connectivity index (χ2n) is 4.20. The van der Waals surface area contributed by atoms with Crippen molar-refractivity contribution in [2.24, 2.45) is 0 Å². The molecule has 2 aromatic rings. The van der Waals surface area contributed by atoms with Crippen LogP contribution in [0.3, 0.4) is 0 Å². The van der Waals surface area contributed by atoms with Gasteiger partial charge in [-0.1, -0.05) is 23.2 Å². The second-order valence-corrected chi connectivity index (χ2v) is 5.02. The highest BCUT2D eigenvalue weighted by Gasteiger charge is 2.16. The fraction of sp³-hybridized carbons (Fsp3) is 0.154. The standard InChI is InChI=1S/C13H10Cl2N2O4/c1-7(18)8-2-3-12(16-6-8)21-13-10(14)4-9(17(19)20)5-11(13)15/h2-7,18H,1H3/t7-/m0/s1. The number of pyridine rings is 1. The van der Waals surface area contributed by atoms with E-state index in [1.165, 1.54) is 12.3 Å². The number of aliphatic hydroxyl groups excluding tert-OH is 1. The van der Waals surface area contributed by atoms with Crippen LogP contribution in [0.15, 0.2) is 30.5 Å². The molecule has 0 radical (unpaired) electrons. The number of benzene rings is 1. The zero-order valence-corrected chi connectivity index (χ0v) is 12.3. The molecule has 0 aliphatic rings. The maximum Gasteiger partial charge on any atom is 0.272 e. The van der Waals surface area contributed by atoms with E-state index in [4.69, 9.17) is 27.9 Å². The summed E-state index contributed by atoms with van der Waals surface area (Å²) in [5.41, 5.74) is 0.401. The number of nitro groups is 1. The fourth-order valence-corrected chi connectivity index (χ4v) is 2.11. The molecule has 0 aliphatic carbocycles. The van der Waals surface area contributed by atoms with E-state index in [0.29, 0.717) is 5.56 Å². The molecule has 0 fully saturated rings. The lowest BCUT2D eigenvalue weighted by molar-refractivity contribution is -0.384. The highest BCUT2D eigenvalue weighted by Crippen LogP contribution is 2.38. The fourth-order valence-electron chi connectivity index (χ4n) is 1.55. The number of aromatic nitrogens is 1. The first kappa shape index (κ1) is 15.5. The molecule has 110 valence electrons. The zero-order chi connectivity index (χ0) is 15.6. The molecule has 1 N–H and O–H groups in total. The smallest absolute Gasteiger partial charge is 0.272 e. The van der Waals surface area contributed by atoms with E-state index < -0.39 is 11.0 Å². The quantitative estimate of drug-likeness (QED) is 0.673. The maximum absolute atomic E-state index is 10.7. The topological polar surface area (TPSA) is 85.5 Å². The van der Waals surface area contributed by atoms with Crippen molar-refractivity contribution in [3.63, 3.8) is 0 Å². The third kappa shape index (κ3) is 3.60. The Labute approximate surface area is 130 Å². The van der Waals surface area contributed by atoms with Crippen LogP contribution in [-0.4, -0.2) is 15.0 Å². The summed E-state index contributed by atoms with van der Waals surface area (Å²) >= 11 is 11.9. The minimum Gasteiger partial charge on any atom is -0.436 e. The van der Waals surface area contributed by atoms with E-state index in [9.17, 15) is 15.2 Å². The van der Waals surface area contributed by atoms with Crippen molar-refractivity contribution in [1.29, 1.82) is 0 Å². The molecule has 1 aromatic carbocycles. The van der Waals surface area contributed by atoms with E-state index >= 15 is 0 Å². The summed E-state index contributed by atoms with van der Waals surface area (Å²) in [5.74, 6) is 0.290. The van der Waals surface area contributed by atoms with Crippen LogP contribution in [0.4, 0.5) is 5.69 Å². The molecule has 8 heteroatoms. The van der Waals surface area contributed by atoms with Crippen molar-refractivity contribution in [2.45, 2.75) is 13.0 Å². The van der Waals surface area contributed by atoms with Gasteiger partial charge in [-0.25, -0.2) is 4.98 Å². The molecule has 0 bridgehead atoms. The van der Waals surface area contributed by atoms with Crippen LogP contribution in [0, 0.1) is 10.1 Å². The SMILES string of the molecule is C[C@H](O)c1ccc(Oc2c(Cl)cc([N+](=O)[O-])cc2Cl)nc1. The van der Waals surface area contributed by atoms with Crippen LogP contribution in [0.2, 0.25) is 10.0 Å². The van der Waals surface area contributed by atoms with E-state index in [-0.39, 0.29) is 27.4 Å². The first-order chi connectivity index (χ1) is 9.88. The highest BCUT2D eigenvalue weighted by atomic mass is 35.5. The molecule has 0 saturated heterocycles. The number of hydrogen-bond donors (Lipinski definition) is 1. The van der Waals surface area contributed by atoms with Gasteiger partial charge in [-0.15, -0.1) is 0 Å². The monoisotopic (exact) mass is 328 g/mol. The van der Waals surface area contributed by atoms with E-state index in [1.807, 2.05) is 0 Å². The Bertz CT molecular complexity index is 651. The van der Waals surface area contributed by atoms with Crippen LogP contribution in [-0.2, 0) is 0 Å². The predicted molar refractivity (Wildman–Crippen MR) is 78.1 cm³/mol. The van der Waals surface area contributed by atoms with Gasteiger partial charge in [0.2, 0.25) is 5.88 Å². The molecule has 0 unspecified atom stereocenters. The van der Waals surface area contributed by atoms with Gasteiger partial charge < -0.3 is 9.84 Å². The molecule has 0 amide bonds. The molecule has 21 heavy (non-hydrogen) atoms. The van der Waals surface area contributed by atoms with Gasteiger partial charge in [0, 0.05) is 24.4 Å². The number of nitro benzene ring substituents is 1. The molecule has 0 spiro atoms. The Morgan fingerprint density at radius 1 is 1.33 bits per heavy atom. The number of halogens is 2. The first-order valence-corrected chi connectivity index (χ1v) is 6.59. The molecule has 1 heterocycles. The lowest BCUT2D eigenvalue weighted by Gasteiger charge is -2.09. The van der Waals surface area contributed by atoms with Crippen LogP contribution in [0.5, 0.6) is 11.6 Å². The Hall–Kier alpha value is -1.89. The van der Waals surface area contributed by atoms with Crippen LogP contribution >= 0.6 is 23.2 Å². The Morgan fingerprint density at radius 3 is 2.38 bits per heavy atom. The average Bonchev–Trinajstić information content (AvgIpc) is 2.43. The molecule has 2 rings (SSSR count). The third-order valence-electron chi connectivity index (χ3n) is 2.64. The van der Waals surface area contributed by atoms with Gasteiger partial charge in [0.1, 0.15) is 0 Å². The van der Waals surface area contributed by atoms with Crippen molar-refractivity contribution in [3.8, 4) is 11.6 Å². The number of aliphatic hydroxyl groups is 1. The summed E-state index contributed by atoms with van der Waals surface area (Å²) < 4.78 is 5.43. The lowest BCUT2D eigenvalue weighted by atomic mass is 10.2. The Kier molecular flexibility index (Phi) is 4.62. The summed E-state index contributed by atoms with van der Waals surface area (Å²) in [6, 6.07) is 5.47. The number of rotatable bonds is 4. The number of hydrogen-bond acceptors (Lipinski definition) is 5. The van der Waals surface area contributed by atoms with Gasteiger partial charge in [-0.2, -0.15) is 0 Å². The van der Waals surface area contributed by atoms with Gasteiger partial charge in [-0.3, -0.25) is 10.1 Å². The minimum absolute atomic E-state index is 0.00982. The normalized spacial score (nSPS) is 12.0. The highest BCUT2D eigenvalue weighted by molar-refractivity contribution is 6.37. The third-order valence-corrected chi connectivity index (χ3v) is 3.20. The average molecular weight is 329 g/mol. The molecule has 6 nitrogen and oxygen atoms in total. The second kappa shape index (κ2) is 6.26. The maximum atomic E-state index is 10.7. The molecule has 1 atom stereocenters. The lowest BCUT2D eigenvalue weighted by Crippen LogP contribution is -1.95. The summed E-state index contributed by atoms with van der Waals surface area (Å²) in [6.07, 6.45) is 0.811. The van der Waals surface area contributed by atoms with E-state index in [2.05, 4.69) is 4.98 Å². The summed E-state index contributed by atoms with van der Waals surface area (Å²) in [5, 5.41) is 20.1. The van der Waals surface area contributed by atoms with Gasteiger partial charge in [0.15, 0.2) is 5.75 Å². The van der Waals surface area contributed by atoms with Gasteiger partial charge in [0.25, 0.3) is 5.69 Å². The minimum atomic E-state index is -0.641. The molecular formula is C13H10Cl2N2O4. The largest absolute Gasteiger partial charge is 0.436 e. The van der Waals surface area contributed by atoms with Crippen molar-refractivity contribution < 1.29 is 14.8 Å². The summed E-state index contributed by atoms with van der Waals surface area (Å²) in [7, 11) is 0. The van der Waals surface area contributed by atoms with Crippen LogP contribution in [0.25, 0.3) is 0 Å². The number of ether oxygens (including phenoxy) is 1.